The van der Waals surface area contributed by atoms with Crippen molar-refractivity contribution in [2.75, 3.05) is 6.61 Å². The number of Topliss-reactive ketones (excluding diaryl/α,β-unsaturated/α-hetero) is 1. The molecular weight excluding hydrogens is 224 g/mol. The molecule has 0 bridgehead atoms. The number of halogens is 1. The van der Waals surface area contributed by atoms with E-state index in [0.29, 0.717) is 28.7 Å². The van der Waals surface area contributed by atoms with Gasteiger partial charge in [-0.3, -0.25) is 4.79 Å². The molecule has 3 heteroatoms. The largest absolute Gasteiger partial charge is 0.492 e. The van der Waals surface area contributed by atoms with Gasteiger partial charge in [0, 0.05) is 12.0 Å². The maximum absolute atomic E-state index is 11.5. The highest BCUT2D eigenvalue weighted by atomic mass is 35.5. The number of carbonyl (C=O) groups excluding carboxylic acids is 1. The Hall–Kier alpha value is -1.02. The van der Waals surface area contributed by atoms with E-state index in [2.05, 4.69) is 0 Å². The third kappa shape index (κ3) is 2.76. The van der Waals surface area contributed by atoms with Crippen molar-refractivity contribution in [3.63, 3.8) is 0 Å². The lowest BCUT2D eigenvalue weighted by Crippen LogP contribution is -2.01. The molecule has 16 heavy (non-hydrogen) atoms. The van der Waals surface area contributed by atoms with Gasteiger partial charge in [0.05, 0.1) is 11.6 Å². The highest BCUT2D eigenvalue weighted by Crippen LogP contribution is 2.32. The lowest BCUT2D eigenvalue weighted by molar-refractivity contribution is 0.0988. The monoisotopic (exact) mass is 238 g/mol. The molecule has 0 N–H and O–H groups in total. The minimum atomic E-state index is 0.107. The van der Waals surface area contributed by atoms with Crippen LogP contribution in [0.25, 0.3) is 0 Å². The van der Waals surface area contributed by atoms with Crippen molar-refractivity contribution in [1.29, 1.82) is 0 Å². The first-order valence-electron chi connectivity index (χ1n) is 5.66. The molecule has 1 aliphatic rings. The van der Waals surface area contributed by atoms with Gasteiger partial charge in [0.1, 0.15) is 5.75 Å². The van der Waals surface area contributed by atoms with Gasteiger partial charge in [-0.25, -0.2) is 0 Å². The number of carbonyl (C=O) groups is 1. The first kappa shape index (κ1) is 11.5. The van der Waals surface area contributed by atoms with E-state index in [1.165, 1.54) is 12.8 Å². The Kier molecular flexibility index (Phi) is 3.49. The van der Waals surface area contributed by atoms with Gasteiger partial charge in [-0.15, -0.1) is 0 Å². The molecule has 0 atom stereocenters. The van der Waals surface area contributed by atoms with Crippen LogP contribution in [0.5, 0.6) is 5.75 Å². The number of ether oxygens (including phenoxy) is 1. The SMILES string of the molecule is CCC(=O)c1ccc(OCC2CC2)c(Cl)c1. The van der Waals surface area contributed by atoms with E-state index in [1.54, 1.807) is 18.2 Å². The molecule has 0 amide bonds. The van der Waals surface area contributed by atoms with E-state index in [0.717, 1.165) is 6.61 Å². The molecule has 0 radical (unpaired) electrons. The Labute approximate surface area is 101 Å². The van der Waals surface area contributed by atoms with Crippen molar-refractivity contribution >= 4 is 17.4 Å². The number of rotatable bonds is 5. The van der Waals surface area contributed by atoms with Gasteiger partial charge in [-0.2, -0.15) is 0 Å². The van der Waals surface area contributed by atoms with Crippen LogP contribution in [0.4, 0.5) is 0 Å². The molecule has 1 aromatic carbocycles. The Balaban J connectivity index is 2.05. The second-order valence-corrected chi connectivity index (χ2v) is 4.58. The van der Waals surface area contributed by atoms with Gasteiger partial charge < -0.3 is 4.74 Å². The first-order chi connectivity index (χ1) is 7.70. The van der Waals surface area contributed by atoms with Gasteiger partial charge >= 0.3 is 0 Å². The topological polar surface area (TPSA) is 26.3 Å². The Morgan fingerprint density at radius 2 is 2.25 bits per heavy atom. The van der Waals surface area contributed by atoms with Crippen LogP contribution in [0.3, 0.4) is 0 Å². The second kappa shape index (κ2) is 4.88. The summed E-state index contributed by atoms with van der Waals surface area (Å²) >= 11 is 6.06. The summed E-state index contributed by atoms with van der Waals surface area (Å²) in [7, 11) is 0. The van der Waals surface area contributed by atoms with Crippen molar-refractivity contribution in [2.45, 2.75) is 26.2 Å². The predicted octanol–water partition coefficient (Wildman–Crippen LogP) is 3.72. The van der Waals surface area contributed by atoms with Crippen molar-refractivity contribution in [2.24, 2.45) is 5.92 Å². The molecule has 2 rings (SSSR count). The van der Waals surface area contributed by atoms with Crippen LogP contribution in [-0.4, -0.2) is 12.4 Å². The number of benzene rings is 1. The van der Waals surface area contributed by atoms with Gasteiger partial charge in [0.25, 0.3) is 0 Å². The average molecular weight is 239 g/mol. The molecule has 1 fully saturated rings. The van der Waals surface area contributed by atoms with E-state index in [-0.39, 0.29) is 5.78 Å². The minimum absolute atomic E-state index is 0.107. The first-order valence-corrected chi connectivity index (χ1v) is 6.04. The van der Waals surface area contributed by atoms with Gasteiger partial charge in [0.2, 0.25) is 0 Å². The fourth-order valence-electron chi connectivity index (χ4n) is 1.49. The summed E-state index contributed by atoms with van der Waals surface area (Å²) in [6.45, 7) is 2.58. The Morgan fingerprint density at radius 1 is 1.50 bits per heavy atom. The normalized spacial score (nSPS) is 14.9. The van der Waals surface area contributed by atoms with Crippen molar-refractivity contribution in [3.8, 4) is 5.75 Å². The number of hydrogen-bond donors (Lipinski definition) is 0. The Bertz CT molecular complexity index is 397. The van der Waals surface area contributed by atoms with E-state index in [4.69, 9.17) is 16.3 Å². The van der Waals surface area contributed by atoms with Crippen molar-refractivity contribution < 1.29 is 9.53 Å². The van der Waals surface area contributed by atoms with Gasteiger partial charge in [-0.05, 0) is 37.0 Å². The van der Waals surface area contributed by atoms with Crippen molar-refractivity contribution in [1.82, 2.24) is 0 Å². The van der Waals surface area contributed by atoms with Crippen LogP contribution < -0.4 is 4.74 Å². The zero-order chi connectivity index (χ0) is 11.5. The number of hydrogen-bond acceptors (Lipinski definition) is 2. The average Bonchev–Trinajstić information content (AvgIpc) is 3.10. The fourth-order valence-corrected chi connectivity index (χ4v) is 1.72. The van der Waals surface area contributed by atoms with Crippen LogP contribution >= 0.6 is 11.6 Å². The molecule has 0 aromatic heterocycles. The van der Waals surface area contributed by atoms with Crippen LogP contribution in [0.15, 0.2) is 18.2 Å². The molecule has 0 heterocycles. The van der Waals surface area contributed by atoms with Gasteiger partial charge in [-0.1, -0.05) is 18.5 Å². The van der Waals surface area contributed by atoms with E-state index in [9.17, 15) is 4.79 Å². The molecule has 2 nitrogen and oxygen atoms in total. The summed E-state index contributed by atoms with van der Waals surface area (Å²) in [5.41, 5.74) is 0.659. The number of ketones is 1. The van der Waals surface area contributed by atoms with Gasteiger partial charge in [0.15, 0.2) is 5.78 Å². The summed E-state index contributed by atoms with van der Waals surface area (Å²) in [5, 5.41) is 0.528. The summed E-state index contributed by atoms with van der Waals surface area (Å²) in [4.78, 5) is 11.5. The fraction of sp³-hybridized carbons (Fsp3) is 0.462. The van der Waals surface area contributed by atoms with Crippen LogP contribution in [0.1, 0.15) is 36.5 Å². The summed E-state index contributed by atoms with van der Waals surface area (Å²) in [6.07, 6.45) is 3.01. The highest BCUT2D eigenvalue weighted by molar-refractivity contribution is 6.32. The summed E-state index contributed by atoms with van der Waals surface area (Å²) < 4.78 is 5.59. The van der Waals surface area contributed by atoms with E-state index >= 15 is 0 Å². The zero-order valence-corrected chi connectivity index (χ0v) is 10.1. The van der Waals surface area contributed by atoms with Crippen LogP contribution in [-0.2, 0) is 0 Å². The minimum Gasteiger partial charge on any atom is -0.492 e. The van der Waals surface area contributed by atoms with Crippen LogP contribution in [0, 0.1) is 5.92 Å². The Morgan fingerprint density at radius 3 is 2.81 bits per heavy atom. The lowest BCUT2D eigenvalue weighted by Gasteiger charge is -2.08. The third-order valence-electron chi connectivity index (χ3n) is 2.75. The maximum Gasteiger partial charge on any atom is 0.162 e. The molecule has 1 saturated carbocycles. The molecule has 86 valence electrons. The molecule has 0 aliphatic heterocycles. The molecule has 0 unspecified atom stereocenters. The molecule has 0 saturated heterocycles. The van der Waals surface area contributed by atoms with Crippen LogP contribution in [0.2, 0.25) is 5.02 Å². The maximum atomic E-state index is 11.5. The summed E-state index contributed by atoms with van der Waals surface area (Å²) in [5.74, 6) is 1.49. The summed E-state index contributed by atoms with van der Waals surface area (Å²) in [6, 6.07) is 5.25. The molecule has 1 aliphatic carbocycles. The predicted molar refractivity (Wildman–Crippen MR) is 64.3 cm³/mol. The quantitative estimate of drug-likeness (QED) is 0.731. The highest BCUT2D eigenvalue weighted by Gasteiger charge is 2.22. The standard InChI is InChI=1S/C13H15ClO2/c1-2-12(15)10-5-6-13(11(14)7-10)16-8-9-3-4-9/h5-7,9H,2-4,8H2,1H3. The van der Waals surface area contributed by atoms with Crippen molar-refractivity contribution in [3.05, 3.63) is 28.8 Å². The lowest BCUT2D eigenvalue weighted by atomic mass is 10.1. The van der Waals surface area contributed by atoms with E-state index in [1.807, 2.05) is 6.92 Å². The van der Waals surface area contributed by atoms with E-state index < -0.39 is 0 Å². The third-order valence-corrected chi connectivity index (χ3v) is 3.04. The molecule has 0 spiro atoms. The zero-order valence-electron chi connectivity index (χ0n) is 9.33. The smallest absolute Gasteiger partial charge is 0.162 e. The molecule has 1 aromatic rings. The second-order valence-electron chi connectivity index (χ2n) is 4.18. The molecular formula is C13H15ClO2.